The van der Waals surface area contributed by atoms with Crippen LogP contribution in [0.1, 0.15) is 30.7 Å². The highest BCUT2D eigenvalue weighted by molar-refractivity contribution is 6.33. The molecular formula is C18H15ClO2. The first-order chi connectivity index (χ1) is 10.1. The number of benzene rings is 2. The van der Waals surface area contributed by atoms with Crippen molar-refractivity contribution in [2.24, 2.45) is 0 Å². The first-order valence-corrected chi connectivity index (χ1v) is 7.39. The van der Waals surface area contributed by atoms with Crippen LogP contribution in [0, 0.1) is 0 Å². The molecule has 0 spiro atoms. The van der Waals surface area contributed by atoms with Crippen LogP contribution in [0.5, 0.6) is 0 Å². The summed E-state index contributed by atoms with van der Waals surface area (Å²) in [6.45, 7) is 0. The van der Waals surface area contributed by atoms with Gasteiger partial charge in [-0.25, -0.2) is 0 Å². The van der Waals surface area contributed by atoms with Crippen molar-refractivity contribution in [2.45, 2.75) is 25.2 Å². The monoisotopic (exact) mass is 298 g/mol. The molecule has 0 unspecified atom stereocenters. The molecule has 0 amide bonds. The van der Waals surface area contributed by atoms with E-state index in [1.807, 2.05) is 48.5 Å². The van der Waals surface area contributed by atoms with Crippen molar-refractivity contribution in [3.63, 3.8) is 0 Å². The zero-order valence-electron chi connectivity index (χ0n) is 11.5. The van der Waals surface area contributed by atoms with E-state index in [4.69, 9.17) is 11.6 Å². The summed E-state index contributed by atoms with van der Waals surface area (Å²) in [5, 5.41) is 0.699. The van der Waals surface area contributed by atoms with Crippen LogP contribution in [0.2, 0.25) is 5.02 Å². The third-order valence-electron chi connectivity index (χ3n) is 3.89. The van der Waals surface area contributed by atoms with Crippen LogP contribution in [-0.4, -0.2) is 11.6 Å². The first kappa shape index (κ1) is 14.0. The summed E-state index contributed by atoms with van der Waals surface area (Å²) in [4.78, 5) is 23.2. The molecule has 1 saturated carbocycles. The molecule has 2 aromatic carbocycles. The maximum atomic E-state index is 11.6. The highest BCUT2D eigenvalue weighted by Gasteiger charge is 2.26. The lowest BCUT2D eigenvalue weighted by Crippen LogP contribution is -2.21. The molecule has 0 saturated heterocycles. The number of hydrogen-bond acceptors (Lipinski definition) is 2. The Kier molecular flexibility index (Phi) is 3.89. The SMILES string of the molecule is O=C1CC(=O)CC(c2cccc(-c3ccccc3Cl)c2)C1. The van der Waals surface area contributed by atoms with Gasteiger partial charge in [0.1, 0.15) is 11.6 Å². The van der Waals surface area contributed by atoms with Gasteiger partial charge < -0.3 is 0 Å². The van der Waals surface area contributed by atoms with Crippen molar-refractivity contribution in [1.82, 2.24) is 0 Å². The molecule has 0 radical (unpaired) electrons. The van der Waals surface area contributed by atoms with Crippen molar-refractivity contribution >= 4 is 23.2 Å². The summed E-state index contributed by atoms with van der Waals surface area (Å²) in [5.41, 5.74) is 3.02. The van der Waals surface area contributed by atoms with E-state index in [1.165, 1.54) is 0 Å². The lowest BCUT2D eigenvalue weighted by molar-refractivity contribution is -0.130. The number of ketones is 2. The topological polar surface area (TPSA) is 34.1 Å². The fourth-order valence-electron chi connectivity index (χ4n) is 2.88. The van der Waals surface area contributed by atoms with Crippen molar-refractivity contribution < 1.29 is 9.59 Å². The highest BCUT2D eigenvalue weighted by atomic mass is 35.5. The van der Waals surface area contributed by atoms with E-state index in [1.54, 1.807) is 0 Å². The van der Waals surface area contributed by atoms with Gasteiger partial charge >= 0.3 is 0 Å². The number of hydrogen-bond donors (Lipinski definition) is 0. The Morgan fingerprint density at radius 3 is 2.33 bits per heavy atom. The van der Waals surface area contributed by atoms with Gasteiger partial charge in [0, 0.05) is 23.4 Å². The lowest BCUT2D eigenvalue weighted by atomic mass is 9.82. The van der Waals surface area contributed by atoms with Crippen LogP contribution >= 0.6 is 11.6 Å². The number of rotatable bonds is 2. The minimum absolute atomic E-state index is 0.00110. The van der Waals surface area contributed by atoms with E-state index in [0.717, 1.165) is 16.7 Å². The van der Waals surface area contributed by atoms with E-state index in [9.17, 15) is 9.59 Å². The van der Waals surface area contributed by atoms with Gasteiger partial charge in [-0.15, -0.1) is 0 Å². The zero-order chi connectivity index (χ0) is 14.8. The fraction of sp³-hybridized carbons (Fsp3) is 0.222. The molecule has 1 aliphatic rings. The van der Waals surface area contributed by atoms with Crippen molar-refractivity contribution in [1.29, 1.82) is 0 Å². The van der Waals surface area contributed by atoms with Crippen LogP contribution in [0.25, 0.3) is 11.1 Å². The average Bonchev–Trinajstić information content (AvgIpc) is 2.47. The largest absolute Gasteiger partial charge is 0.299 e. The smallest absolute Gasteiger partial charge is 0.140 e. The van der Waals surface area contributed by atoms with E-state index in [-0.39, 0.29) is 23.9 Å². The number of Topliss-reactive ketones (excluding diaryl/α,β-unsaturated/α-hetero) is 2. The molecule has 0 heterocycles. The maximum absolute atomic E-state index is 11.6. The molecule has 0 aromatic heterocycles. The van der Waals surface area contributed by atoms with Gasteiger partial charge in [0.15, 0.2) is 0 Å². The maximum Gasteiger partial charge on any atom is 0.140 e. The minimum Gasteiger partial charge on any atom is -0.299 e. The van der Waals surface area contributed by atoms with E-state index < -0.39 is 0 Å². The molecule has 0 bridgehead atoms. The van der Waals surface area contributed by atoms with Gasteiger partial charge in [-0.1, -0.05) is 54.1 Å². The quantitative estimate of drug-likeness (QED) is 0.769. The minimum atomic E-state index is 0.00110. The number of halogens is 1. The fourth-order valence-corrected chi connectivity index (χ4v) is 3.12. The predicted molar refractivity (Wildman–Crippen MR) is 83.5 cm³/mol. The molecule has 2 aromatic rings. The Morgan fingerprint density at radius 1 is 0.905 bits per heavy atom. The highest BCUT2D eigenvalue weighted by Crippen LogP contribution is 2.33. The Balaban J connectivity index is 1.95. The Hall–Kier alpha value is -1.93. The average molecular weight is 299 g/mol. The normalized spacial score (nSPS) is 16.2. The summed E-state index contributed by atoms with van der Waals surface area (Å²) in [6, 6.07) is 15.6. The van der Waals surface area contributed by atoms with Crippen LogP contribution < -0.4 is 0 Å². The molecule has 2 nitrogen and oxygen atoms in total. The number of carbonyl (C=O) groups excluding carboxylic acids is 2. The summed E-state index contributed by atoms with van der Waals surface area (Å²) in [5.74, 6) is 0.0833. The molecule has 1 fully saturated rings. The van der Waals surface area contributed by atoms with Crippen molar-refractivity contribution in [2.75, 3.05) is 0 Å². The summed E-state index contributed by atoms with van der Waals surface area (Å²) < 4.78 is 0. The van der Waals surface area contributed by atoms with Crippen LogP contribution in [0.15, 0.2) is 48.5 Å². The van der Waals surface area contributed by atoms with Gasteiger partial charge in [0.25, 0.3) is 0 Å². The number of carbonyl (C=O) groups is 2. The van der Waals surface area contributed by atoms with Gasteiger partial charge in [-0.05, 0) is 23.1 Å². The zero-order valence-corrected chi connectivity index (χ0v) is 12.3. The summed E-state index contributed by atoms with van der Waals surface area (Å²) >= 11 is 6.23. The van der Waals surface area contributed by atoms with Crippen molar-refractivity contribution in [3.05, 3.63) is 59.1 Å². The molecule has 0 atom stereocenters. The Morgan fingerprint density at radius 2 is 1.62 bits per heavy atom. The second kappa shape index (κ2) is 5.82. The van der Waals surface area contributed by atoms with Crippen LogP contribution in [0.4, 0.5) is 0 Å². The third kappa shape index (κ3) is 3.06. The Bertz CT molecular complexity index is 690. The Labute approximate surface area is 128 Å². The van der Waals surface area contributed by atoms with E-state index in [2.05, 4.69) is 0 Å². The van der Waals surface area contributed by atoms with E-state index >= 15 is 0 Å². The molecule has 3 rings (SSSR count). The molecule has 1 aliphatic carbocycles. The third-order valence-corrected chi connectivity index (χ3v) is 4.21. The molecular weight excluding hydrogens is 284 g/mol. The van der Waals surface area contributed by atoms with Gasteiger partial charge in [0.05, 0.1) is 6.42 Å². The molecule has 0 N–H and O–H groups in total. The predicted octanol–water partition coefficient (Wildman–Crippen LogP) is 4.41. The standard InChI is InChI=1S/C18H15ClO2/c19-18-7-2-1-6-17(18)13-5-3-4-12(8-13)14-9-15(20)11-16(21)10-14/h1-8,14H,9-11H2. The van der Waals surface area contributed by atoms with Gasteiger partial charge in [-0.2, -0.15) is 0 Å². The summed E-state index contributed by atoms with van der Waals surface area (Å²) in [7, 11) is 0. The first-order valence-electron chi connectivity index (χ1n) is 7.02. The molecule has 0 aliphatic heterocycles. The van der Waals surface area contributed by atoms with Crippen LogP contribution in [-0.2, 0) is 9.59 Å². The second-order valence-corrected chi connectivity index (χ2v) is 5.87. The van der Waals surface area contributed by atoms with Crippen molar-refractivity contribution in [3.8, 4) is 11.1 Å². The lowest BCUT2D eigenvalue weighted by Gasteiger charge is -2.21. The summed E-state index contributed by atoms with van der Waals surface area (Å²) in [6.07, 6.45) is 1.01. The molecule has 21 heavy (non-hydrogen) atoms. The molecule has 106 valence electrons. The second-order valence-electron chi connectivity index (χ2n) is 5.46. The van der Waals surface area contributed by atoms with Gasteiger partial charge in [-0.3, -0.25) is 9.59 Å². The van der Waals surface area contributed by atoms with E-state index in [0.29, 0.717) is 17.9 Å². The van der Waals surface area contributed by atoms with Crippen LogP contribution in [0.3, 0.4) is 0 Å². The van der Waals surface area contributed by atoms with Gasteiger partial charge in [0.2, 0.25) is 0 Å². The molecule has 3 heteroatoms.